The van der Waals surface area contributed by atoms with Crippen LogP contribution in [0.1, 0.15) is 28.2 Å². The predicted octanol–water partition coefficient (Wildman–Crippen LogP) is 1.02. The molecule has 1 rings (SSSR count). The van der Waals surface area contributed by atoms with Crippen LogP contribution in [0.5, 0.6) is 0 Å². The maximum Gasteiger partial charge on any atom is 0.257 e. The minimum atomic E-state index is -0.0710. The molecule has 0 saturated heterocycles. The second-order valence-corrected chi connectivity index (χ2v) is 3.80. The molecular weight excluding hydrogens is 204 g/mol. The van der Waals surface area contributed by atoms with E-state index in [1.807, 2.05) is 27.0 Å². The van der Waals surface area contributed by atoms with Gasteiger partial charge in [-0.25, -0.2) is 0 Å². The summed E-state index contributed by atoms with van der Waals surface area (Å²) in [6.07, 6.45) is 0.348. The zero-order valence-electron chi connectivity index (χ0n) is 10.1. The standard InChI is InChI=1S/C11H16N4O/c1-8-10(9(2)15(4)13-8)11(16)14(3)7-5-6-12/h5,7H2,1-4H3. The normalized spacial score (nSPS) is 9.94. The number of nitrogens with zero attached hydrogens (tertiary/aromatic N) is 4. The Kier molecular flexibility index (Phi) is 3.67. The number of aryl methyl sites for hydroxylation is 2. The number of nitriles is 1. The Labute approximate surface area is 95.3 Å². The monoisotopic (exact) mass is 220 g/mol. The van der Waals surface area contributed by atoms with Crippen LogP contribution >= 0.6 is 0 Å². The second kappa shape index (κ2) is 4.79. The van der Waals surface area contributed by atoms with E-state index in [2.05, 4.69) is 5.10 Å². The van der Waals surface area contributed by atoms with Crippen molar-refractivity contribution < 1.29 is 4.79 Å². The van der Waals surface area contributed by atoms with Gasteiger partial charge in [-0.2, -0.15) is 10.4 Å². The number of carbonyl (C=O) groups is 1. The van der Waals surface area contributed by atoms with Gasteiger partial charge in [0, 0.05) is 26.3 Å². The van der Waals surface area contributed by atoms with E-state index in [0.29, 0.717) is 18.5 Å². The molecule has 5 nitrogen and oxygen atoms in total. The van der Waals surface area contributed by atoms with Crippen LogP contribution in [0.25, 0.3) is 0 Å². The number of carbonyl (C=O) groups excluding carboxylic acids is 1. The van der Waals surface area contributed by atoms with Gasteiger partial charge in [0.15, 0.2) is 0 Å². The summed E-state index contributed by atoms with van der Waals surface area (Å²) >= 11 is 0. The number of hydrogen-bond donors (Lipinski definition) is 0. The van der Waals surface area contributed by atoms with Gasteiger partial charge >= 0.3 is 0 Å². The van der Waals surface area contributed by atoms with E-state index in [1.54, 1.807) is 16.6 Å². The summed E-state index contributed by atoms with van der Waals surface area (Å²) in [5.41, 5.74) is 2.23. The van der Waals surface area contributed by atoms with Crippen LogP contribution in [0.15, 0.2) is 0 Å². The molecule has 0 spiro atoms. The fraction of sp³-hybridized carbons (Fsp3) is 0.545. The van der Waals surface area contributed by atoms with Crippen molar-refractivity contribution in [1.29, 1.82) is 5.26 Å². The lowest BCUT2D eigenvalue weighted by molar-refractivity contribution is 0.0796. The third kappa shape index (κ3) is 2.22. The third-order valence-electron chi connectivity index (χ3n) is 2.63. The molecule has 5 heteroatoms. The molecule has 86 valence electrons. The quantitative estimate of drug-likeness (QED) is 0.764. The van der Waals surface area contributed by atoms with E-state index in [4.69, 9.17) is 5.26 Å². The number of aromatic nitrogens is 2. The topological polar surface area (TPSA) is 61.9 Å². The largest absolute Gasteiger partial charge is 0.341 e. The molecule has 0 N–H and O–H groups in total. The molecule has 0 bridgehead atoms. The molecule has 0 fully saturated rings. The first-order valence-electron chi connectivity index (χ1n) is 5.11. The van der Waals surface area contributed by atoms with Crippen molar-refractivity contribution in [2.24, 2.45) is 7.05 Å². The smallest absolute Gasteiger partial charge is 0.257 e. The first-order chi connectivity index (χ1) is 7.49. The van der Waals surface area contributed by atoms with Gasteiger partial charge in [-0.3, -0.25) is 9.48 Å². The fourth-order valence-corrected chi connectivity index (χ4v) is 1.59. The van der Waals surface area contributed by atoms with Gasteiger partial charge < -0.3 is 4.90 Å². The lowest BCUT2D eigenvalue weighted by Crippen LogP contribution is -2.28. The number of amides is 1. The Morgan fingerprint density at radius 2 is 2.19 bits per heavy atom. The molecule has 16 heavy (non-hydrogen) atoms. The lowest BCUT2D eigenvalue weighted by atomic mass is 10.1. The fourth-order valence-electron chi connectivity index (χ4n) is 1.59. The summed E-state index contributed by atoms with van der Waals surface area (Å²) in [7, 11) is 3.51. The van der Waals surface area contributed by atoms with E-state index < -0.39 is 0 Å². The Balaban J connectivity index is 2.92. The van der Waals surface area contributed by atoms with Crippen molar-refractivity contribution in [2.45, 2.75) is 20.3 Å². The van der Waals surface area contributed by atoms with E-state index in [-0.39, 0.29) is 5.91 Å². The summed E-state index contributed by atoms with van der Waals surface area (Å²) in [6.45, 7) is 4.13. The van der Waals surface area contributed by atoms with Crippen LogP contribution in [0.4, 0.5) is 0 Å². The minimum absolute atomic E-state index is 0.0710. The molecule has 1 aromatic heterocycles. The molecule has 0 saturated carbocycles. The van der Waals surface area contributed by atoms with Crippen molar-refractivity contribution in [2.75, 3.05) is 13.6 Å². The van der Waals surface area contributed by atoms with Gasteiger partial charge in [0.2, 0.25) is 0 Å². The summed E-state index contributed by atoms with van der Waals surface area (Å²) < 4.78 is 1.70. The second-order valence-electron chi connectivity index (χ2n) is 3.80. The summed E-state index contributed by atoms with van der Waals surface area (Å²) in [6, 6.07) is 2.02. The van der Waals surface area contributed by atoms with Crippen molar-refractivity contribution >= 4 is 5.91 Å². The molecule has 0 radical (unpaired) electrons. The summed E-state index contributed by atoms with van der Waals surface area (Å²) in [5, 5.41) is 12.7. The van der Waals surface area contributed by atoms with Crippen LogP contribution in [0.2, 0.25) is 0 Å². The summed E-state index contributed by atoms with van der Waals surface area (Å²) in [5.74, 6) is -0.0710. The summed E-state index contributed by atoms with van der Waals surface area (Å²) in [4.78, 5) is 13.6. The highest BCUT2D eigenvalue weighted by Gasteiger charge is 2.20. The molecule has 1 heterocycles. The van der Waals surface area contributed by atoms with Crippen LogP contribution in [0.3, 0.4) is 0 Å². The van der Waals surface area contributed by atoms with E-state index >= 15 is 0 Å². The van der Waals surface area contributed by atoms with Crippen LogP contribution < -0.4 is 0 Å². The van der Waals surface area contributed by atoms with Gasteiger partial charge in [0.25, 0.3) is 5.91 Å². The molecule has 0 aromatic carbocycles. The van der Waals surface area contributed by atoms with Gasteiger partial charge in [-0.15, -0.1) is 0 Å². The maximum atomic E-state index is 12.1. The van der Waals surface area contributed by atoms with Crippen molar-refractivity contribution in [3.8, 4) is 6.07 Å². The van der Waals surface area contributed by atoms with Gasteiger partial charge in [-0.1, -0.05) is 0 Å². The molecule has 1 aromatic rings. The van der Waals surface area contributed by atoms with Crippen molar-refractivity contribution in [3.63, 3.8) is 0 Å². The molecule has 0 aliphatic heterocycles. The molecule has 0 aliphatic carbocycles. The molecule has 0 unspecified atom stereocenters. The highest BCUT2D eigenvalue weighted by molar-refractivity contribution is 5.96. The van der Waals surface area contributed by atoms with Crippen molar-refractivity contribution in [3.05, 3.63) is 17.0 Å². The SMILES string of the molecule is Cc1nn(C)c(C)c1C(=O)N(C)CCC#N. The van der Waals surface area contributed by atoms with Gasteiger partial charge in [-0.05, 0) is 13.8 Å². The average molecular weight is 220 g/mol. The zero-order chi connectivity index (χ0) is 12.3. The van der Waals surface area contributed by atoms with Gasteiger partial charge in [0.05, 0.1) is 23.7 Å². The third-order valence-corrected chi connectivity index (χ3v) is 2.63. The zero-order valence-corrected chi connectivity index (χ0v) is 10.1. The average Bonchev–Trinajstić information content (AvgIpc) is 2.49. The Morgan fingerprint density at radius 3 is 2.62 bits per heavy atom. The minimum Gasteiger partial charge on any atom is -0.341 e. The van der Waals surface area contributed by atoms with Gasteiger partial charge in [0.1, 0.15) is 0 Å². The molecule has 1 amide bonds. The van der Waals surface area contributed by atoms with Crippen LogP contribution in [0, 0.1) is 25.2 Å². The number of hydrogen-bond acceptors (Lipinski definition) is 3. The Hall–Kier alpha value is -1.83. The lowest BCUT2D eigenvalue weighted by Gasteiger charge is -2.15. The Bertz CT molecular complexity index is 442. The molecule has 0 atom stereocenters. The van der Waals surface area contributed by atoms with E-state index in [0.717, 1.165) is 11.4 Å². The highest BCUT2D eigenvalue weighted by atomic mass is 16.2. The van der Waals surface area contributed by atoms with Crippen molar-refractivity contribution in [1.82, 2.24) is 14.7 Å². The predicted molar refractivity (Wildman–Crippen MR) is 59.9 cm³/mol. The van der Waals surface area contributed by atoms with Crippen LogP contribution in [-0.4, -0.2) is 34.2 Å². The number of rotatable bonds is 3. The first-order valence-corrected chi connectivity index (χ1v) is 5.11. The Morgan fingerprint density at radius 1 is 1.56 bits per heavy atom. The van der Waals surface area contributed by atoms with E-state index in [9.17, 15) is 4.79 Å². The maximum absolute atomic E-state index is 12.1. The van der Waals surface area contributed by atoms with E-state index in [1.165, 1.54) is 0 Å². The van der Waals surface area contributed by atoms with Crippen LogP contribution in [-0.2, 0) is 7.05 Å². The first kappa shape index (κ1) is 12.2. The molecular formula is C11H16N4O. The molecule has 0 aliphatic rings. The highest BCUT2D eigenvalue weighted by Crippen LogP contribution is 2.14.